The molecule has 13 heavy (non-hydrogen) atoms. The normalized spacial score (nSPS) is 9.69. The summed E-state index contributed by atoms with van der Waals surface area (Å²) in [5.74, 6) is -0.133. The average molecular weight is 199 g/mol. The van der Waals surface area contributed by atoms with Crippen LogP contribution in [0.3, 0.4) is 0 Å². The number of carbonyl (C=O) groups is 1. The molecule has 0 aromatic carbocycles. The van der Waals surface area contributed by atoms with Crippen molar-refractivity contribution in [1.29, 1.82) is 0 Å². The second kappa shape index (κ2) is 4.13. The number of hydrogen-bond acceptors (Lipinski definition) is 4. The van der Waals surface area contributed by atoms with Crippen LogP contribution in [0.25, 0.3) is 0 Å². The van der Waals surface area contributed by atoms with Gasteiger partial charge in [-0.05, 0) is 13.0 Å². The fourth-order valence-corrected chi connectivity index (χ4v) is 1.95. The van der Waals surface area contributed by atoms with Gasteiger partial charge in [0.2, 0.25) is 0 Å². The molecule has 1 rings (SSSR count). The first-order valence-electron chi connectivity index (χ1n) is 4.04. The van der Waals surface area contributed by atoms with Gasteiger partial charge in [-0.25, -0.2) is 0 Å². The van der Waals surface area contributed by atoms with Crippen LogP contribution >= 0.6 is 11.3 Å². The quantitative estimate of drug-likeness (QED) is 0.683. The lowest BCUT2D eigenvalue weighted by Gasteiger charge is -1.96. The van der Waals surface area contributed by atoms with E-state index >= 15 is 0 Å². The fraction of sp³-hybridized carbons (Fsp3) is 0.375. The van der Waals surface area contributed by atoms with E-state index < -0.39 is 0 Å². The number of amides is 1. The van der Waals surface area contributed by atoms with Gasteiger partial charge in [-0.15, -0.1) is 11.3 Å². The lowest BCUT2D eigenvalue weighted by molar-refractivity contribution is 0.0968. The topological polar surface area (TPSA) is 67.1 Å². The van der Waals surface area contributed by atoms with Gasteiger partial charge in [0.25, 0.3) is 5.91 Å². The van der Waals surface area contributed by atoms with Crippen LogP contribution in [-0.4, -0.2) is 19.5 Å². The molecule has 0 saturated heterocycles. The highest BCUT2D eigenvalue weighted by molar-refractivity contribution is 7.18. The van der Waals surface area contributed by atoms with Gasteiger partial charge in [0.15, 0.2) is 0 Å². The van der Waals surface area contributed by atoms with Crippen LogP contribution in [0.15, 0.2) is 6.07 Å². The molecule has 0 aliphatic rings. The van der Waals surface area contributed by atoms with Crippen molar-refractivity contribution in [3.8, 4) is 0 Å². The zero-order valence-electron chi connectivity index (χ0n) is 7.68. The molecule has 72 valence electrons. The number of nitrogens with two attached hydrogens (primary N) is 1. The second-order valence-electron chi connectivity index (χ2n) is 2.50. The molecule has 0 aliphatic carbocycles. The highest BCUT2D eigenvalue weighted by atomic mass is 32.1. The van der Waals surface area contributed by atoms with Crippen molar-refractivity contribution >= 4 is 27.9 Å². The molecule has 0 saturated carbocycles. The van der Waals surface area contributed by atoms with Crippen LogP contribution in [0.1, 0.15) is 16.6 Å². The van der Waals surface area contributed by atoms with Gasteiger partial charge in [0.05, 0.1) is 10.7 Å². The third-order valence-electron chi connectivity index (χ3n) is 1.55. The summed E-state index contributed by atoms with van der Waals surface area (Å²) in [6.45, 7) is 2.82. The zero-order valence-corrected chi connectivity index (χ0v) is 8.49. The van der Waals surface area contributed by atoms with Crippen LogP contribution in [0.4, 0.5) is 10.7 Å². The van der Waals surface area contributed by atoms with Gasteiger partial charge < -0.3 is 16.4 Å². The van der Waals surface area contributed by atoms with Crippen molar-refractivity contribution in [3.63, 3.8) is 0 Å². The maximum absolute atomic E-state index is 11.2. The molecular formula is C8H13N3OS. The highest BCUT2D eigenvalue weighted by Gasteiger charge is 2.11. The van der Waals surface area contributed by atoms with E-state index in [2.05, 4.69) is 10.6 Å². The lowest BCUT2D eigenvalue weighted by Crippen LogP contribution is -2.17. The largest absolute Gasteiger partial charge is 0.397 e. The summed E-state index contributed by atoms with van der Waals surface area (Å²) in [5, 5.41) is 6.58. The first kappa shape index (κ1) is 9.85. The first-order valence-corrected chi connectivity index (χ1v) is 4.86. The fourth-order valence-electron chi connectivity index (χ4n) is 0.957. The molecule has 1 aromatic rings. The maximum atomic E-state index is 11.2. The Morgan fingerprint density at radius 3 is 2.92 bits per heavy atom. The van der Waals surface area contributed by atoms with E-state index in [1.165, 1.54) is 11.3 Å². The Bertz CT molecular complexity index is 308. The summed E-state index contributed by atoms with van der Waals surface area (Å²) in [6, 6.07) is 1.78. The van der Waals surface area contributed by atoms with E-state index in [4.69, 9.17) is 5.73 Å². The van der Waals surface area contributed by atoms with E-state index in [1.54, 1.807) is 13.1 Å². The summed E-state index contributed by atoms with van der Waals surface area (Å²) in [6.07, 6.45) is 0. The number of rotatable bonds is 3. The molecule has 1 heterocycles. The summed E-state index contributed by atoms with van der Waals surface area (Å²) in [5.41, 5.74) is 6.19. The third kappa shape index (κ3) is 2.12. The van der Waals surface area contributed by atoms with Gasteiger partial charge in [0.1, 0.15) is 4.88 Å². The molecule has 1 aromatic heterocycles. The van der Waals surface area contributed by atoms with Crippen LogP contribution in [0.2, 0.25) is 0 Å². The number of nitrogen functional groups attached to an aromatic ring is 1. The van der Waals surface area contributed by atoms with Gasteiger partial charge >= 0.3 is 0 Å². The van der Waals surface area contributed by atoms with Crippen molar-refractivity contribution < 1.29 is 4.79 Å². The summed E-state index contributed by atoms with van der Waals surface area (Å²) in [7, 11) is 1.59. The minimum Gasteiger partial charge on any atom is -0.397 e. The summed E-state index contributed by atoms with van der Waals surface area (Å²) >= 11 is 1.37. The number of carbonyl (C=O) groups excluding carboxylic acids is 1. The SMILES string of the molecule is CCNc1cc(N)c(C(=O)NC)s1. The monoisotopic (exact) mass is 199 g/mol. The van der Waals surface area contributed by atoms with Gasteiger partial charge in [0, 0.05) is 13.6 Å². The Morgan fingerprint density at radius 1 is 1.69 bits per heavy atom. The van der Waals surface area contributed by atoms with E-state index in [1.807, 2.05) is 6.92 Å². The molecule has 0 atom stereocenters. The molecule has 4 N–H and O–H groups in total. The Kier molecular flexibility index (Phi) is 3.13. The van der Waals surface area contributed by atoms with Gasteiger partial charge in [-0.1, -0.05) is 0 Å². The number of nitrogens with one attached hydrogen (secondary N) is 2. The lowest BCUT2D eigenvalue weighted by atomic mass is 10.4. The zero-order chi connectivity index (χ0) is 9.84. The first-order chi connectivity index (χ1) is 6.19. The van der Waals surface area contributed by atoms with E-state index in [0.717, 1.165) is 11.5 Å². The Labute approximate surface area is 81.1 Å². The highest BCUT2D eigenvalue weighted by Crippen LogP contribution is 2.28. The molecule has 0 unspecified atom stereocenters. The predicted molar refractivity (Wildman–Crippen MR) is 56.3 cm³/mol. The summed E-state index contributed by atoms with van der Waals surface area (Å²) in [4.78, 5) is 11.8. The molecule has 0 bridgehead atoms. The van der Waals surface area contributed by atoms with E-state index in [9.17, 15) is 4.79 Å². The minimum atomic E-state index is -0.133. The number of thiophene rings is 1. The third-order valence-corrected chi connectivity index (χ3v) is 2.65. The smallest absolute Gasteiger partial charge is 0.263 e. The molecule has 0 aliphatic heterocycles. The molecule has 1 amide bonds. The van der Waals surface area contributed by atoms with Crippen LogP contribution in [-0.2, 0) is 0 Å². The maximum Gasteiger partial charge on any atom is 0.263 e. The standard InChI is InChI=1S/C8H13N3OS/c1-3-11-6-4-5(9)7(13-6)8(12)10-2/h4,11H,3,9H2,1-2H3,(H,10,12). The van der Waals surface area contributed by atoms with Gasteiger partial charge in [-0.3, -0.25) is 4.79 Å². The second-order valence-corrected chi connectivity index (χ2v) is 3.56. The number of hydrogen-bond donors (Lipinski definition) is 3. The van der Waals surface area contributed by atoms with Crippen LogP contribution in [0.5, 0.6) is 0 Å². The molecule has 4 nitrogen and oxygen atoms in total. The van der Waals surface area contributed by atoms with Crippen molar-refractivity contribution in [2.75, 3.05) is 24.6 Å². The Balaban J connectivity index is 2.89. The van der Waals surface area contributed by atoms with E-state index in [0.29, 0.717) is 10.6 Å². The van der Waals surface area contributed by atoms with Gasteiger partial charge in [-0.2, -0.15) is 0 Å². The van der Waals surface area contributed by atoms with E-state index in [-0.39, 0.29) is 5.91 Å². The Hall–Kier alpha value is -1.23. The van der Waals surface area contributed by atoms with Crippen molar-refractivity contribution in [1.82, 2.24) is 5.32 Å². The van der Waals surface area contributed by atoms with Crippen molar-refractivity contribution in [3.05, 3.63) is 10.9 Å². The van der Waals surface area contributed by atoms with Crippen molar-refractivity contribution in [2.45, 2.75) is 6.92 Å². The molecular weight excluding hydrogens is 186 g/mol. The summed E-state index contributed by atoms with van der Waals surface area (Å²) < 4.78 is 0. The molecule has 0 fully saturated rings. The van der Waals surface area contributed by atoms with Crippen LogP contribution < -0.4 is 16.4 Å². The predicted octanol–water partition coefficient (Wildman–Crippen LogP) is 1.12. The Morgan fingerprint density at radius 2 is 2.38 bits per heavy atom. The molecule has 5 heteroatoms. The average Bonchev–Trinajstić information content (AvgIpc) is 2.46. The van der Waals surface area contributed by atoms with Crippen LogP contribution in [0, 0.1) is 0 Å². The molecule has 0 spiro atoms. The molecule has 0 radical (unpaired) electrons. The minimum absolute atomic E-state index is 0.133. The van der Waals surface area contributed by atoms with Crippen molar-refractivity contribution in [2.24, 2.45) is 0 Å². The number of anilines is 2.